The van der Waals surface area contributed by atoms with Gasteiger partial charge in [-0.25, -0.2) is 4.99 Å². The first-order chi connectivity index (χ1) is 17.0. The lowest BCUT2D eigenvalue weighted by Gasteiger charge is -2.32. The number of carbonyl (C=O) groups is 1. The summed E-state index contributed by atoms with van der Waals surface area (Å²) in [7, 11) is 3.41. The largest absolute Gasteiger partial charge is 0.467 e. The van der Waals surface area contributed by atoms with Crippen LogP contribution in [0.15, 0.2) is 59.0 Å². The van der Waals surface area contributed by atoms with E-state index in [0.717, 1.165) is 25.3 Å². The standard InChI is InChI=1S/C27H38N6O2/c1-6-23(34)19-33(18-15-30-28-4)26-21(3)13-16-32(17-14-29-27(31-26)35-5)24-12-8-11-22-10-7-9-20(2)25(22)24/h6-12,21,28,30H,1,13-19H2,2-5H3/b29-27+,31-26+. The Morgan fingerprint density at radius 2 is 2.06 bits per heavy atom. The average molecular weight is 479 g/mol. The van der Waals surface area contributed by atoms with Gasteiger partial charge in [0.25, 0.3) is 0 Å². The number of amidine groups is 2. The summed E-state index contributed by atoms with van der Waals surface area (Å²) in [5.41, 5.74) is 8.51. The second-order valence-electron chi connectivity index (χ2n) is 8.73. The third kappa shape index (κ3) is 6.90. The van der Waals surface area contributed by atoms with Gasteiger partial charge in [0.1, 0.15) is 5.84 Å². The van der Waals surface area contributed by atoms with Crippen molar-refractivity contribution in [3.63, 3.8) is 0 Å². The number of hydrogen-bond donors (Lipinski definition) is 2. The van der Waals surface area contributed by atoms with Crippen LogP contribution >= 0.6 is 0 Å². The minimum atomic E-state index is -0.0507. The molecule has 0 radical (unpaired) electrons. The number of nitrogens with one attached hydrogen (secondary N) is 2. The van der Waals surface area contributed by atoms with Crippen molar-refractivity contribution >= 4 is 34.1 Å². The van der Waals surface area contributed by atoms with Crippen molar-refractivity contribution < 1.29 is 9.53 Å². The summed E-state index contributed by atoms with van der Waals surface area (Å²) >= 11 is 0. The third-order valence-electron chi connectivity index (χ3n) is 6.30. The Morgan fingerprint density at radius 1 is 1.29 bits per heavy atom. The molecular formula is C27H38N6O2. The number of anilines is 1. The van der Waals surface area contributed by atoms with Crippen molar-refractivity contribution in [2.45, 2.75) is 20.3 Å². The maximum Gasteiger partial charge on any atom is 0.313 e. The number of hydrazine groups is 1. The number of aryl methyl sites for hydroxylation is 1. The molecule has 1 unspecified atom stereocenters. The summed E-state index contributed by atoms with van der Waals surface area (Å²) in [4.78, 5) is 26.1. The Balaban J connectivity index is 1.94. The smallest absolute Gasteiger partial charge is 0.313 e. The van der Waals surface area contributed by atoms with Crippen LogP contribution in [0.25, 0.3) is 10.8 Å². The first-order valence-corrected chi connectivity index (χ1v) is 12.2. The molecule has 0 saturated heterocycles. The van der Waals surface area contributed by atoms with E-state index in [0.29, 0.717) is 25.7 Å². The van der Waals surface area contributed by atoms with Crippen LogP contribution in [0.1, 0.15) is 18.9 Å². The van der Waals surface area contributed by atoms with Crippen LogP contribution in [0.2, 0.25) is 0 Å². The number of rotatable bonds is 8. The predicted molar refractivity (Wildman–Crippen MR) is 145 cm³/mol. The fourth-order valence-electron chi connectivity index (χ4n) is 4.45. The van der Waals surface area contributed by atoms with Crippen LogP contribution in [0.5, 0.6) is 0 Å². The highest BCUT2D eigenvalue weighted by atomic mass is 16.5. The molecule has 35 heavy (non-hydrogen) atoms. The molecule has 2 aromatic rings. The molecule has 0 aromatic heterocycles. The average Bonchev–Trinajstić information content (AvgIpc) is 2.87. The molecule has 0 saturated carbocycles. The molecule has 0 amide bonds. The van der Waals surface area contributed by atoms with E-state index < -0.39 is 0 Å². The van der Waals surface area contributed by atoms with E-state index in [1.807, 2.05) is 11.9 Å². The van der Waals surface area contributed by atoms with Gasteiger partial charge < -0.3 is 14.5 Å². The zero-order chi connectivity index (χ0) is 25.2. The van der Waals surface area contributed by atoms with Gasteiger partial charge in [-0.05, 0) is 43.5 Å². The molecule has 0 bridgehead atoms. The summed E-state index contributed by atoms with van der Waals surface area (Å²) in [5.74, 6) is 0.832. The number of aliphatic imine (C=N–C) groups is 2. The summed E-state index contributed by atoms with van der Waals surface area (Å²) < 4.78 is 5.52. The van der Waals surface area contributed by atoms with Gasteiger partial charge in [0.15, 0.2) is 5.78 Å². The molecule has 0 aliphatic carbocycles. The van der Waals surface area contributed by atoms with Crippen molar-refractivity contribution in [3.8, 4) is 0 Å². The van der Waals surface area contributed by atoms with Gasteiger partial charge in [0.05, 0.1) is 20.2 Å². The maximum atomic E-state index is 12.3. The van der Waals surface area contributed by atoms with Crippen LogP contribution < -0.4 is 15.8 Å². The van der Waals surface area contributed by atoms with E-state index >= 15 is 0 Å². The van der Waals surface area contributed by atoms with Gasteiger partial charge in [0, 0.05) is 43.2 Å². The third-order valence-corrected chi connectivity index (χ3v) is 6.30. The Bertz CT molecular complexity index is 1080. The van der Waals surface area contributed by atoms with Crippen LogP contribution in [-0.2, 0) is 9.53 Å². The van der Waals surface area contributed by atoms with Gasteiger partial charge in [-0.15, -0.1) is 0 Å². The van der Waals surface area contributed by atoms with Crippen LogP contribution in [0, 0.1) is 12.8 Å². The number of nitrogens with zero attached hydrogens (tertiary/aromatic N) is 4. The Morgan fingerprint density at radius 3 is 2.77 bits per heavy atom. The van der Waals surface area contributed by atoms with E-state index in [4.69, 9.17) is 9.73 Å². The molecule has 3 rings (SSSR count). The SMILES string of the molecule is C=CC(=O)CN(CCNNC)/C1=N/C(OC)=N\CCN(c2cccc3cccc(C)c23)CCC1C. The number of hydrogen-bond acceptors (Lipinski definition) is 8. The fourth-order valence-corrected chi connectivity index (χ4v) is 4.45. The van der Waals surface area contributed by atoms with Crippen molar-refractivity contribution in [2.75, 3.05) is 58.3 Å². The van der Waals surface area contributed by atoms with E-state index in [2.05, 4.69) is 77.6 Å². The first-order valence-electron chi connectivity index (χ1n) is 12.2. The minimum absolute atomic E-state index is 0.0507. The topological polar surface area (TPSA) is 81.6 Å². The van der Waals surface area contributed by atoms with Gasteiger partial charge in [-0.3, -0.25) is 15.6 Å². The van der Waals surface area contributed by atoms with Gasteiger partial charge in [-0.2, -0.15) is 4.99 Å². The highest BCUT2D eigenvalue weighted by Gasteiger charge is 2.23. The number of ketones is 1. The van der Waals surface area contributed by atoms with Gasteiger partial charge in [0.2, 0.25) is 0 Å². The Hall–Kier alpha value is -3.23. The highest BCUT2D eigenvalue weighted by molar-refractivity contribution is 5.99. The van der Waals surface area contributed by atoms with Crippen molar-refractivity contribution in [3.05, 3.63) is 54.6 Å². The van der Waals surface area contributed by atoms with E-state index in [-0.39, 0.29) is 18.2 Å². The van der Waals surface area contributed by atoms with E-state index in [9.17, 15) is 4.79 Å². The van der Waals surface area contributed by atoms with Crippen molar-refractivity contribution in [2.24, 2.45) is 15.9 Å². The monoisotopic (exact) mass is 478 g/mol. The van der Waals surface area contributed by atoms with Gasteiger partial charge in [-0.1, -0.05) is 43.8 Å². The zero-order valence-electron chi connectivity index (χ0n) is 21.4. The van der Waals surface area contributed by atoms with Crippen LogP contribution in [-0.4, -0.2) is 76.0 Å². The highest BCUT2D eigenvalue weighted by Crippen LogP contribution is 2.30. The molecule has 0 fully saturated rings. The second-order valence-corrected chi connectivity index (χ2v) is 8.73. The van der Waals surface area contributed by atoms with Gasteiger partial charge >= 0.3 is 6.02 Å². The molecule has 2 N–H and O–H groups in total. The minimum Gasteiger partial charge on any atom is -0.467 e. The Kier molecular flexibility index (Phi) is 9.81. The van der Waals surface area contributed by atoms with Crippen LogP contribution in [0.3, 0.4) is 0 Å². The predicted octanol–water partition coefficient (Wildman–Crippen LogP) is 3.18. The summed E-state index contributed by atoms with van der Waals surface area (Å²) in [6.45, 7) is 11.6. The zero-order valence-corrected chi connectivity index (χ0v) is 21.4. The van der Waals surface area contributed by atoms with Crippen molar-refractivity contribution in [1.82, 2.24) is 15.8 Å². The lowest BCUT2D eigenvalue weighted by Crippen LogP contribution is -2.45. The van der Waals surface area contributed by atoms with Crippen molar-refractivity contribution in [1.29, 1.82) is 0 Å². The molecule has 188 valence electrons. The second kappa shape index (κ2) is 13.0. The molecule has 0 spiro atoms. The quantitative estimate of drug-likeness (QED) is 0.345. The Labute approximate surface area is 208 Å². The van der Waals surface area contributed by atoms with E-state index in [1.165, 1.54) is 28.1 Å². The maximum absolute atomic E-state index is 12.3. The molecule has 1 aliphatic heterocycles. The van der Waals surface area contributed by atoms with E-state index in [1.54, 1.807) is 7.11 Å². The molecule has 8 nitrogen and oxygen atoms in total. The molecule has 1 atom stereocenters. The fraction of sp³-hybridized carbons (Fsp3) is 0.444. The summed E-state index contributed by atoms with van der Waals surface area (Å²) in [5, 5.41) is 2.52. The number of carbonyl (C=O) groups excluding carboxylic acids is 1. The normalized spacial score (nSPS) is 19.9. The number of ether oxygens (including phenoxy) is 1. The van der Waals surface area contributed by atoms with Crippen LogP contribution in [0.4, 0.5) is 5.69 Å². The number of fused-ring (bicyclic) bond motifs is 1. The lowest BCUT2D eigenvalue weighted by atomic mass is 10.0. The molecule has 8 heteroatoms. The number of benzene rings is 2. The lowest BCUT2D eigenvalue weighted by molar-refractivity contribution is -0.115. The number of methoxy groups -OCH3 is 1. The molecule has 1 heterocycles. The molecular weight excluding hydrogens is 440 g/mol. The molecule has 2 aromatic carbocycles. The summed E-state index contributed by atoms with van der Waals surface area (Å²) in [6.07, 6.45) is 2.23. The molecule has 1 aliphatic rings. The first kappa shape index (κ1) is 26.4. The summed E-state index contributed by atoms with van der Waals surface area (Å²) in [6, 6.07) is 13.2.